The smallest absolute Gasteiger partial charge is 0.359 e. The molecule has 0 aliphatic carbocycles. The van der Waals surface area contributed by atoms with Gasteiger partial charge in [0.05, 0.1) is 7.11 Å². The summed E-state index contributed by atoms with van der Waals surface area (Å²) in [6.07, 6.45) is 0. The van der Waals surface area contributed by atoms with Gasteiger partial charge in [-0.1, -0.05) is 22.9 Å². The number of hydrogen-bond donors (Lipinski definition) is 0. The van der Waals surface area contributed by atoms with E-state index in [2.05, 4.69) is 9.72 Å². The number of esters is 1. The minimum absolute atomic E-state index is 0.198. The van der Waals surface area contributed by atoms with Crippen LogP contribution in [0.1, 0.15) is 10.5 Å². The average molecular weight is 304 g/mol. The molecule has 0 radical (unpaired) electrons. The van der Waals surface area contributed by atoms with E-state index in [1.165, 1.54) is 18.4 Å². The molecule has 6 heteroatoms. The van der Waals surface area contributed by atoms with Gasteiger partial charge in [-0.25, -0.2) is 9.78 Å². The molecule has 0 spiro atoms. The van der Waals surface area contributed by atoms with Crippen molar-refractivity contribution in [2.24, 2.45) is 0 Å². The van der Waals surface area contributed by atoms with Crippen molar-refractivity contribution in [3.63, 3.8) is 0 Å². The Labute approximate surface area is 85.9 Å². The Kier molecular flexibility index (Phi) is 3.08. The maximum absolute atomic E-state index is 10.9. The van der Waals surface area contributed by atoms with Gasteiger partial charge in [-0.2, -0.15) is 0 Å². The highest BCUT2D eigenvalue weighted by Crippen LogP contribution is 2.25. The minimum atomic E-state index is -0.492. The minimum Gasteiger partial charge on any atom is -0.464 e. The van der Waals surface area contributed by atoms with Crippen LogP contribution in [0.5, 0.6) is 0 Å². The highest BCUT2D eigenvalue weighted by molar-refractivity contribution is 14.1. The van der Waals surface area contributed by atoms with E-state index < -0.39 is 5.97 Å². The topological polar surface area (TPSA) is 39.2 Å². The Hall–Kier alpha value is 0.120. The standard InChI is InChI=1S/C5H3ClINO2S/c1-10-4(9)2-3(6)11-5(7)8-2/h1H3. The van der Waals surface area contributed by atoms with E-state index in [0.717, 1.165) is 3.01 Å². The summed E-state index contributed by atoms with van der Waals surface area (Å²) in [6.45, 7) is 0. The number of ether oxygens (including phenoxy) is 1. The number of hydrogen-bond acceptors (Lipinski definition) is 4. The predicted octanol–water partition coefficient (Wildman–Crippen LogP) is 2.19. The van der Waals surface area contributed by atoms with Crippen molar-refractivity contribution >= 4 is 51.5 Å². The van der Waals surface area contributed by atoms with Crippen molar-refractivity contribution in [2.45, 2.75) is 0 Å². The summed E-state index contributed by atoms with van der Waals surface area (Å²) in [5.74, 6) is -0.492. The molecule has 0 N–H and O–H groups in total. The molecule has 0 aliphatic rings. The van der Waals surface area contributed by atoms with E-state index >= 15 is 0 Å². The zero-order chi connectivity index (χ0) is 8.43. The molecular weight excluding hydrogens is 300 g/mol. The molecule has 0 fully saturated rings. The van der Waals surface area contributed by atoms with Crippen molar-refractivity contribution in [1.82, 2.24) is 4.98 Å². The molecule has 1 aromatic heterocycles. The number of thiazole rings is 1. The molecule has 3 nitrogen and oxygen atoms in total. The summed E-state index contributed by atoms with van der Waals surface area (Å²) < 4.78 is 5.55. The first-order chi connectivity index (χ1) is 5.15. The van der Waals surface area contributed by atoms with Crippen LogP contribution in [0.2, 0.25) is 4.34 Å². The van der Waals surface area contributed by atoms with Gasteiger partial charge in [-0.05, 0) is 22.6 Å². The molecule has 1 heterocycles. The zero-order valence-electron chi connectivity index (χ0n) is 5.43. The molecule has 0 atom stereocenters. The van der Waals surface area contributed by atoms with Gasteiger partial charge in [-0.15, -0.1) is 0 Å². The van der Waals surface area contributed by atoms with Gasteiger partial charge in [0, 0.05) is 0 Å². The molecule has 11 heavy (non-hydrogen) atoms. The molecule has 0 saturated carbocycles. The van der Waals surface area contributed by atoms with Crippen LogP contribution in [0.25, 0.3) is 0 Å². The van der Waals surface area contributed by atoms with E-state index in [1.807, 2.05) is 22.6 Å². The molecule has 0 bridgehead atoms. The fourth-order valence-electron chi connectivity index (χ4n) is 0.500. The largest absolute Gasteiger partial charge is 0.464 e. The second-order valence-electron chi connectivity index (χ2n) is 1.58. The normalized spacial score (nSPS) is 9.73. The predicted molar refractivity (Wildman–Crippen MR) is 51.2 cm³/mol. The number of carbonyl (C=O) groups excluding carboxylic acids is 1. The number of rotatable bonds is 1. The lowest BCUT2D eigenvalue weighted by Gasteiger charge is -1.91. The van der Waals surface area contributed by atoms with Crippen LogP contribution < -0.4 is 0 Å². The first-order valence-corrected chi connectivity index (χ1v) is 4.82. The van der Waals surface area contributed by atoms with Crippen LogP contribution in [0, 0.1) is 3.01 Å². The van der Waals surface area contributed by atoms with Crippen LogP contribution in [-0.4, -0.2) is 18.1 Å². The summed E-state index contributed by atoms with van der Waals surface area (Å²) in [5.41, 5.74) is 0.198. The lowest BCUT2D eigenvalue weighted by molar-refractivity contribution is 0.0595. The fourth-order valence-corrected chi connectivity index (χ4v) is 2.64. The van der Waals surface area contributed by atoms with Gasteiger partial charge in [0.1, 0.15) is 4.34 Å². The third-order valence-electron chi connectivity index (χ3n) is 0.938. The molecule has 0 aliphatic heterocycles. The number of nitrogens with zero attached hydrogens (tertiary/aromatic N) is 1. The van der Waals surface area contributed by atoms with Crippen molar-refractivity contribution < 1.29 is 9.53 Å². The number of halogens is 2. The van der Waals surface area contributed by atoms with Gasteiger partial charge in [-0.3, -0.25) is 0 Å². The summed E-state index contributed by atoms with van der Waals surface area (Å²) >= 11 is 8.91. The molecule has 1 rings (SSSR count). The molecular formula is C5H3ClINO2S. The second-order valence-corrected chi connectivity index (χ2v) is 4.94. The van der Waals surface area contributed by atoms with Crippen LogP contribution >= 0.6 is 45.5 Å². The van der Waals surface area contributed by atoms with Crippen molar-refractivity contribution in [1.29, 1.82) is 0 Å². The lowest BCUT2D eigenvalue weighted by Crippen LogP contribution is -2.01. The lowest BCUT2D eigenvalue weighted by atomic mass is 10.5. The molecule has 0 unspecified atom stereocenters. The summed E-state index contributed by atoms with van der Waals surface area (Å²) in [4.78, 5) is 14.8. The van der Waals surface area contributed by atoms with Crippen LogP contribution in [0.15, 0.2) is 0 Å². The van der Waals surface area contributed by atoms with E-state index in [0.29, 0.717) is 4.34 Å². The highest BCUT2D eigenvalue weighted by atomic mass is 127. The zero-order valence-corrected chi connectivity index (χ0v) is 9.16. The Morgan fingerprint density at radius 3 is 2.82 bits per heavy atom. The highest BCUT2D eigenvalue weighted by Gasteiger charge is 2.15. The Morgan fingerprint density at radius 2 is 2.45 bits per heavy atom. The first-order valence-electron chi connectivity index (χ1n) is 2.55. The molecule has 1 aromatic rings. The van der Waals surface area contributed by atoms with Crippen LogP contribution in [-0.2, 0) is 4.74 Å². The third kappa shape index (κ3) is 2.03. The molecule has 0 saturated heterocycles. The monoisotopic (exact) mass is 303 g/mol. The van der Waals surface area contributed by atoms with E-state index in [9.17, 15) is 4.79 Å². The Balaban J connectivity index is 3.03. The quantitative estimate of drug-likeness (QED) is 0.590. The van der Waals surface area contributed by atoms with E-state index in [-0.39, 0.29) is 5.69 Å². The summed E-state index contributed by atoms with van der Waals surface area (Å²) in [5, 5.41) is 0. The first kappa shape index (κ1) is 9.21. The summed E-state index contributed by atoms with van der Waals surface area (Å²) in [6, 6.07) is 0. The van der Waals surface area contributed by atoms with Gasteiger partial charge in [0.15, 0.2) is 8.71 Å². The maximum atomic E-state index is 10.9. The molecule has 0 amide bonds. The second kappa shape index (κ2) is 3.68. The van der Waals surface area contributed by atoms with Crippen molar-refractivity contribution in [3.05, 3.63) is 13.0 Å². The van der Waals surface area contributed by atoms with Crippen LogP contribution in [0.3, 0.4) is 0 Å². The summed E-state index contributed by atoms with van der Waals surface area (Å²) in [7, 11) is 1.30. The number of methoxy groups -OCH3 is 1. The molecule has 60 valence electrons. The van der Waals surface area contributed by atoms with Gasteiger partial charge in [0.25, 0.3) is 0 Å². The van der Waals surface area contributed by atoms with E-state index in [1.54, 1.807) is 0 Å². The van der Waals surface area contributed by atoms with Crippen LogP contribution in [0.4, 0.5) is 0 Å². The van der Waals surface area contributed by atoms with Crippen molar-refractivity contribution in [2.75, 3.05) is 7.11 Å². The van der Waals surface area contributed by atoms with Gasteiger partial charge < -0.3 is 4.74 Å². The number of aromatic nitrogens is 1. The Morgan fingerprint density at radius 1 is 1.82 bits per heavy atom. The van der Waals surface area contributed by atoms with Gasteiger partial charge in [0.2, 0.25) is 0 Å². The van der Waals surface area contributed by atoms with E-state index in [4.69, 9.17) is 11.6 Å². The third-order valence-corrected chi connectivity index (χ3v) is 2.88. The number of carbonyl (C=O) groups is 1. The maximum Gasteiger partial charge on any atom is 0.359 e. The Bertz CT molecular complexity index is 288. The SMILES string of the molecule is COC(=O)c1nc(I)sc1Cl. The fraction of sp³-hybridized carbons (Fsp3) is 0.200. The van der Waals surface area contributed by atoms with Crippen molar-refractivity contribution in [3.8, 4) is 0 Å². The molecule has 0 aromatic carbocycles. The van der Waals surface area contributed by atoms with Gasteiger partial charge >= 0.3 is 5.97 Å². The average Bonchev–Trinajstić information content (AvgIpc) is 2.28.